The predicted octanol–water partition coefficient (Wildman–Crippen LogP) is 3.42. The molecule has 162 valence electrons. The Morgan fingerprint density at radius 1 is 1.20 bits per heavy atom. The minimum absolute atomic E-state index is 0.0846. The molecule has 1 aromatic heterocycles. The third-order valence-corrected chi connectivity index (χ3v) is 6.76. The normalized spacial score (nSPS) is 21.9. The van der Waals surface area contributed by atoms with Crippen LogP contribution in [0.1, 0.15) is 49.7 Å². The van der Waals surface area contributed by atoms with Gasteiger partial charge in [-0.05, 0) is 75.2 Å². The molecule has 2 unspecified atom stereocenters. The molecule has 2 fully saturated rings. The number of ether oxygens (including phenoxy) is 1. The molecule has 0 bridgehead atoms. The third-order valence-electron chi connectivity index (χ3n) is 6.76. The highest BCUT2D eigenvalue weighted by atomic mass is 16.5. The van der Waals surface area contributed by atoms with Gasteiger partial charge in [0.1, 0.15) is 11.3 Å². The molecule has 1 aromatic carbocycles. The van der Waals surface area contributed by atoms with Gasteiger partial charge in [-0.3, -0.25) is 4.79 Å². The number of piperidine rings is 2. The zero-order valence-electron chi connectivity index (χ0n) is 18.0. The summed E-state index contributed by atoms with van der Waals surface area (Å²) in [5.74, 6) is 1.30. The number of hydrogen-bond donors (Lipinski definition) is 1. The second-order valence-corrected chi connectivity index (χ2v) is 8.71. The van der Waals surface area contributed by atoms with Gasteiger partial charge in [0.05, 0.1) is 7.11 Å². The number of benzene rings is 1. The van der Waals surface area contributed by atoms with E-state index in [2.05, 4.69) is 10.2 Å². The predicted molar refractivity (Wildman–Crippen MR) is 117 cm³/mol. The molecular formula is C24H32N2O4. The summed E-state index contributed by atoms with van der Waals surface area (Å²) in [7, 11) is 1.59. The molecule has 3 heterocycles. The Labute approximate surface area is 177 Å². The fourth-order valence-corrected chi connectivity index (χ4v) is 5.17. The maximum atomic E-state index is 12.6. The van der Waals surface area contributed by atoms with E-state index in [-0.39, 0.29) is 11.5 Å². The average molecular weight is 413 g/mol. The van der Waals surface area contributed by atoms with Gasteiger partial charge in [0, 0.05) is 36.5 Å². The first-order valence-electron chi connectivity index (χ1n) is 11.2. The fourth-order valence-electron chi connectivity index (χ4n) is 5.17. The van der Waals surface area contributed by atoms with E-state index in [1.165, 1.54) is 51.3 Å². The van der Waals surface area contributed by atoms with E-state index in [0.717, 1.165) is 23.1 Å². The second kappa shape index (κ2) is 9.21. The lowest BCUT2D eigenvalue weighted by molar-refractivity contribution is -0.121. The van der Waals surface area contributed by atoms with Crippen molar-refractivity contribution in [1.82, 2.24) is 10.2 Å². The first-order valence-corrected chi connectivity index (χ1v) is 11.2. The number of fused-ring (bicyclic) bond motifs is 2. The van der Waals surface area contributed by atoms with Crippen LogP contribution >= 0.6 is 0 Å². The standard InChI is InChI=1S/C24H32N2O4/c1-16-12-24(28)30-22-14-21(29-2)17(13-19(16)22)8-9-23(27)25-15-18-6-5-11-26-10-4-3-7-20(18)26/h12-14,18,20H,3-11,15H2,1-2H3,(H,25,27). The highest BCUT2D eigenvalue weighted by molar-refractivity contribution is 5.83. The monoisotopic (exact) mass is 412 g/mol. The summed E-state index contributed by atoms with van der Waals surface area (Å²) in [6, 6.07) is 5.85. The molecule has 2 aliphatic rings. The summed E-state index contributed by atoms with van der Waals surface area (Å²) in [5, 5.41) is 4.06. The summed E-state index contributed by atoms with van der Waals surface area (Å²) < 4.78 is 10.8. The lowest BCUT2D eigenvalue weighted by Crippen LogP contribution is -2.51. The lowest BCUT2D eigenvalue weighted by atomic mass is 9.83. The van der Waals surface area contributed by atoms with Crippen molar-refractivity contribution in [2.24, 2.45) is 5.92 Å². The van der Waals surface area contributed by atoms with E-state index >= 15 is 0 Å². The Bertz CT molecular complexity index is 966. The highest BCUT2D eigenvalue weighted by Gasteiger charge is 2.32. The van der Waals surface area contributed by atoms with Gasteiger partial charge in [-0.15, -0.1) is 0 Å². The highest BCUT2D eigenvalue weighted by Crippen LogP contribution is 2.31. The van der Waals surface area contributed by atoms with Gasteiger partial charge in [-0.25, -0.2) is 4.79 Å². The molecule has 2 atom stereocenters. The third kappa shape index (κ3) is 4.53. The van der Waals surface area contributed by atoms with Crippen molar-refractivity contribution < 1.29 is 13.9 Å². The second-order valence-electron chi connectivity index (χ2n) is 8.71. The SMILES string of the molecule is COc1cc2oc(=O)cc(C)c2cc1CCC(=O)NCC1CCCN2CCCCC12. The summed E-state index contributed by atoms with van der Waals surface area (Å²) in [4.78, 5) is 26.8. The number of nitrogens with zero attached hydrogens (tertiary/aromatic N) is 1. The zero-order valence-corrected chi connectivity index (χ0v) is 18.0. The Hall–Kier alpha value is -2.34. The largest absolute Gasteiger partial charge is 0.496 e. The van der Waals surface area contributed by atoms with Gasteiger partial charge in [-0.1, -0.05) is 6.42 Å². The van der Waals surface area contributed by atoms with Gasteiger partial charge < -0.3 is 19.4 Å². The number of nitrogens with one attached hydrogen (secondary N) is 1. The average Bonchev–Trinajstić information content (AvgIpc) is 2.75. The summed E-state index contributed by atoms with van der Waals surface area (Å²) >= 11 is 0. The van der Waals surface area contributed by atoms with E-state index in [0.29, 0.717) is 36.1 Å². The van der Waals surface area contributed by atoms with Crippen LogP contribution in [0.3, 0.4) is 0 Å². The molecule has 2 saturated heterocycles. The van der Waals surface area contributed by atoms with Gasteiger partial charge in [0.2, 0.25) is 5.91 Å². The summed E-state index contributed by atoms with van der Waals surface area (Å²) in [5.41, 5.74) is 1.96. The van der Waals surface area contributed by atoms with Crippen LogP contribution < -0.4 is 15.7 Å². The summed E-state index contributed by atoms with van der Waals surface area (Å²) in [6.45, 7) is 5.10. The van der Waals surface area contributed by atoms with Crippen LogP contribution in [0, 0.1) is 12.8 Å². The molecule has 0 saturated carbocycles. The number of aryl methyl sites for hydroxylation is 2. The Kier molecular flexibility index (Phi) is 6.42. The molecule has 30 heavy (non-hydrogen) atoms. The number of carbonyl (C=O) groups is 1. The van der Waals surface area contributed by atoms with Gasteiger partial charge in [-0.2, -0.15) is 0 Å². The maximum absolute atomic E-state index is 12.6. The van der Waals surface area contributed by atoms with Crippen LogP contribution in [-0.2, 0) is 11.2 Å². The summed E-state index contributed by atoms with van der Waals surface area (Å²) in [6.07, 6.45) is 7.34. The first kappa shape index (κ1) is 20.9. The molecule has 2 aliphatic heterocycles. The van der Waals surface area contributed by atoms with Crippen molar-refractivity contribution in [2.75, 3.05) is 26.7 Å². The maximum Gasteiger partial charge on any atom is 0.336 e. The number of rotatable bonds is 6. The number of carbonyl (C=O) groups excluding carboxylic acids is 1. The molecule has 4 rings (SSSR count). The van der Waals surface area contributed by atoms with E-state index in [4.69, 9.17) is 9.15 Å². The van der Waals surface area contributed by atoms with Crippen LogP contribution in [-0.4, -0.2) is 43.6 Å². The Balaban J connectivity index is 1.37. The zero-order chi connectivity index (χ0) is 21.1. The van der Waals surface area contributed by atoms with Crippen molar-refractivity contribution in [3.8, 4) is 5.75 Å². The van der Waals surface area contributed by atoms with Crippen LogP contribution in [0.2, 0.25) is 0 Å². The van der Waals surface area contributed by atoms with Gasteiger partial charge in [0.25, 0.3) is 0 Å². The van der Waals surface area contributed by atoms with E-state index < -0.39 is 0 Å². The molecule has 0 radical (unpaired) electrons. The van der Waals surface area contributed by atoms with Crippen LogP contribution in [0.15, 0.2) is 27.4 Å². The van der Waals surface area contributed by atoms with Gasteiger partial charge in [0.15, 0.2) is 0 Å². The number of hydrogen-bond acceptors (Lipinski definition) is 5. The van der Waals surface area contributed by atoms with Crippen LogP contribution in [0.25, 0.3) is 11.0 Å². The topological polar surface area (TPSA) is 71.8 Å². The molecule has 6 nitrogen and oxygen atoms in total. The Morgan fingerprint density at radius 3 is 2.87 bits per heavy atom. The van der Waals surface area contributed by atoms with Crippen LogP contribution in [0.4, 0.5) is 0 Å². The molecular weight excluding hydrogens is 380 g/mol. The van der Waals surface area contributed by atoms with E-state index in [1.807, 2.05) is 13.0 Å². The number of amides is 1. The van der Waals surface area contributed by atoms with Crippen molar-refractivity contribution in [3.63, 3.8) is 0 Å². The van der Waals surface area contributed by atoms with E-state index in [9.17, 15) is 9.59 Å². The molecule has 2 aromatic rings. The fraction of sp³-hybridized carbons (Fsp3) is 0.583. The minimum atomic E-state index is -0.367. The molecule has 1 N–H and O–H groups in total. The molecule has 1 amide bonds. The molecule has 6 heteroatoms. The van der Waals surface area contributed by atoms with Crippen LogP contribution in [0.5, 0.6) is 5.75 Å². The molecule has 0 spiro atoms. The quantitative estimate of drug-likeness (QED) is 0.736. The van der Waals surface area contributed by atoms with Gasteiger partial charge >= 0.3 is 5.63 Å². The van der Waals surface area contributed by atoms with Crippen molar-refractivity contribution >= 4 is 16.9 Å². The number of methoxy groups -OCH3 is 1. The lowest BCUT2D eigenvalue weighted by Gasteiger charge is -2.44. The first-order chi connectivity index (χ1) is 14.5. The smallest absolute Gasteiger partial charge is 0.336 e. The minimum Gasteiger partial charge on any atom is -0.496 e. The van der Waals surface area contributed by atoms with Crippen molar-refractivity contribution in [2.45, 2.75) is 57.9 Å². The van der Waals surface area contributed by atoms with Crippen molar-refractivity contribution in [1.29, 1.82) is 0 Å². The molecule has 0 aliphatic carbocycles. The Morgan fingerprint density at radius 2 is 2.03 bits per heavy atom. The van der Waals surface area contributed by atoms with E-state index in [1.54, 1.807) is 13.2 Å². The van der Waals surface area contributed by atoms with Crippen molar-refractivity contribution in [3.05, 3.63) is 39.7 Å².